The number of benzene rings is 1. The average Bonchev–Trinajstić information content (AvgIpc) is 2.05. The van der Waals surface area contributed by atoms with Crippen LogP contribution in [0.5, 0.6) is 0 Å². The Bertz CT molecular complexity index is 221. The molecule has 1 aromatic carbocycles. The van der Waals surface area contributed by atoms with Crippen molar-refractivity contribution in [2.24, 2.45) is 0 Å². The van der Waals surface area contributed by atoms with Crippen molar-refractivity contribution in [2.45, 2.75) is 0 Å². The van der Waals surface area contributed by atoms with Gasteiger partial charge >= 0.3 is 0 Å². The van der Waals surface area contributed by atoms with Gasteiger partial charge in [-0.25, -0.2) is 0 Å². The summed E-state index contributed by atoms with van der Waals surface area (Å²) in [4.78, 5) is 10.8. The Morgan fingerprint density at radius 3 is 2.73 bits per heavy atom. The van der Waals surface area contributed by atoms with E-state index in [0.29, 0.717) is 5.56 Å². The van der Waals surface area contributed by atoms with Crippen molar-refractivity contribution >= 4 is 5.97 Å². The molecule has 0 fully saturated rings. The van der Waals surface area contributed by atoms with Gasteiger partial charge in [0, 0.05) is 19.5 Å². The Labute approximate surface area is 78.3 Å². The first-order valence-corrected chi connectivity index (χ1v) is 2.89. The van der Waals surface area contributed by atoms with Gasteiger partial charge in [0.2, 0.25) is 5.97 Å². The third-order valence-corrected chi connectivity index (χ3v) is 1.11. The molecule has 0 bridgehead atoms. The van der Waals surface area contributed by atoms with Gasteiger partial charge < -0.3 is 9.53 Å². The van der Waals surface area contributed by atoms with E-state index in [0.717, 1.165) is 0 Å². The summed E-state index contributed by atoms with van der Waals surface area (Å²) in [7, 11) is 1.35. The third kappa shape index (κ3) is 2.81. The van der Waals surface area contributed by atoms with Gasteiger partial charge in [0.05, 0.1) is 7.11 Å². The van der Waals surface area contributed by atoms with Crippen LogP contribution < -0.4 is 0 Å². The summed E-state index contributed by atoms with van der Waals surface area (Å²) in [6.07, 6.45) is 0. The number of hydrogen-bond donors (Lipinski definition) is 0. The molecule has 2 nitrogen and oxygen atoms in total. The van der Waals surface area contributed by atoms with Crippen LogP contribution in [0, 0.1) is 6.07 Å². The minimum absolute atomic E-state index is 0. The van der Waals surface area contributed by atoms with Crippen LogP contribution in [0.4, 0.5) is 0 Å². The van der Waals surface area contributed by atoms with Crippen molar-refractivity contribution in [3.8, 4) is 0 Å². The summed E-state index contributed by atoms with van der Waals surface area (Å²) < 4.78 is 4.47. The van der Waals surface area contributed by atoms with Gasteiger partial charge in [-0.15, -0.1) is 30.3 Å². The molecular weight excluding hydrogens is 193 g/mol. The van der Waals surface area contributed by atoms with E-state index >= 15 is 0 Å². The van der Waals surface area contributed by atoms with E-state index in [1.165, 1.54) is 7.11 Å². The van der Waals surface area contributed by atoms with Gasteiger partial charge in [-0.1, -0.05) is 5.56 Å². The van der Waals surface area contributed by atoms with Crippen LogP contribution >= 0.6 is 0 Å². The van der Waals surface area contributed by atoms with Gasteiger partial charge in [-0.3, -0.25) is 0 Å². The van der Waals surface area contributed by atoms with E-state index in [1.807, 2.05) is 0 Å². The largest absolute Gasteiger partial charge is 0.509 e. The summed E-state index contributed by atoms with van der Waals surface area (Å²) >= 11 is 0. The summed E-state index contributed by atoms with van der Waals surface area (Å²) in [5.74, 6) is -0.347. The number of rotatable bonds is 1. The Kier molecular flexibility index (Phi) is 4.72. The molecule has 11 heavy (non-hydrogen) atoms. The van der Waals surface area contributed by atoms with Gasteiger partial charge in [-0.2, -0.15) is 0 Å². The summed E-state index contributed by atoms with van der Waals surface area (Å²) in [6.45, 7) is 0. The van der Waals surface area contributed by atoms with Crippen molar-refractivity contribution in [1.82, 2.24) is 0 Å². The van der Waals surface area contributed by atoms with E-state index in [1.54, 1.807) is 24.3 Å². The molecule has 3 heteroatoms. The van der Waals surface area contributed by atoms with E-state index in [-0.39, 0.29) is 25.4 Å². The molecule has 0 aliphatic heterocycles. The quantitative estimate of drug-likeness (QED) is 0.388. The maximum absolute atomic E-state index is 10.8. The maximum atomic E-state index is 10.8. The van der Waals surface area contributed by atoms with Crippen LogP contribution in [0.25, 0.3) is 0 Å². The molecule has 0 aromatic heterocycles. The van der Waals surface area contributed by atoms with Crippen LogP contribution in [0.2, 0.25) is 0 Å². The van der Waals surface area contributed by atoms with Crippen LogP contribution in [0.15, 0.2) is 24.3 Å². The molecule has 0 radical (unpaired) electrons. The van der Waals surface area contributed by atoms with E-state index in [4.69, 9.17) is 0 Å². The number of esters is 1. The van der Waals surface area contributed by atoms with Gasteiger partial charge in [0.25, 0.3) is 0 Å². The molecule has 1 aromatic rings. The molecule has 0 aliphatic carbocycles. The molecule has 54 valence electrons. The predicted octanol–water partition coefficient (Wildman–Crippen LogP) is 1.27. The number of ether oxygens (including phenoxy) is 1. The minimum Gasteiger partial charge on any atom is -0.509 e. The Morgan fingerprint density at radius 2 is 2.27 bits per heavy atom. The fraction of sp³-hybridized carbons (Fsp3) is 0.125. The third-order valence-electron chi connectivity index (χ3n) is 1.11. The van der Waals surface area contributed by atoms with Gasteiger partial charge in [0.1, 0.15) is 0 Å². The normalized spacial score (nSPS) is 8.09. The molecule has 0 saturated heterocycles. The average molecular weight is 201 g/mol. The smallest absolute Gasteiger partial charge is 0.249 e. The molecule has 0 spiro atoms. The Morgan fingerprint density at radius 1 is 1.55 bits per heavy atom. The van der Waals surface area contributed by atoms with Crippen molar-refractivity contribution in [3.63, 3.8) is 0 Å². The molecule has 0 aliphatic rings. The molecule has 0 atom stereocenters. The number of methoxy groups -OCH3 is 1. The zero-order chi connectivity index (χ0) is 7.40. The number of carbonyl (C=O) groups excluding carboxylic acids is 1. The van der Waals surface area contributed by atoms with Crippen LogP contribution in [0.3, 0.4) is 0 Å². The van der Waals surface area contributed by atoms with E-state index < -0.39 is 0 Å². The van der Waals surface area contributed by atoms with E-state index in [9.17, 15) is 4.79 Å². The fourth-order valence-electron chi connectivity index (χ4n) is 0.630. The first-order valence-electron chi connectivity index (χ1n) is 2.89. The molecule has 1 rings (SSSR count). The Balaban J connectivity index is 0.000001000. The molecule has 0 heterocycles. The van der Waals surface area contributed by atoms with Crippen LogP contribution in [0.1, 0.15) is 10.4 Å². The second-order valence-corrected chi connectivity index (χ2v) is 1.77. The maximum Gasteiger partial charge on any atom is 0.249 e. The molecule has 0 amide bonds. The zero-order valence-corrected chi connectivity index (χ0v) is 9.30. The second-order valence-electron chi connectivity index (χ2n) is 1.77. The van der Waals surface area contributed by atoms with E-state index in [2.05, 4.69) is 10.8 Å². The molecule has 0 unspecified atom stereocenters. The van der Waals surface area contributed by atoms with Crippen LogP contribution in [-0.4, -0.2) is 13.1 Å². The SMILES string of the molecule is COC(=O)c1[c-]cccc1.[Zn]. The number of carbonyl (C=O) groups is 1. The standard InChI is InChI=1S/C8H7O2.Zn/c1-10-8(9)7-5-3-2-4-6-7;/h2-5H,1H3;/q-1;. The molecule has 0 N–H and O–H groups in total. The predicted molar refractivity (Wildman–Crippen MR) is 36.6 cm³/mol. The minimum atomic E-state index is -0.347. The first kappa shape index (κ1) is 10.3. The van der Waals surface area contributed by atoms with Gasteiger partial charge in [0.15, 0.2) is 0 Å². The Hall–Kier alpha value is -0.687. The van der Waals surface area contributed by atoms with Gasteiger partial charge in [-0.05, 0) is 0 Å². The topological polar surface area (TPSA) is 26.3 Å². The summed E-state index contributed by atoms with van der Waals surface area (Å²) in [5.41, 5.74) is 0.463. The second kappa shape index (κ2) is 5.03. The van der Waals surface area contributed by atoms with Crippen molar-refractivity contribution in [1.29, 1.82) is 0 Å². The zero-order valence-electron chi connectivity index (χ0n) is 6.33. The molecule has 0 saturated carbocycles. The van der Waals surface area contributed by atoms with Crippen molar-refractivity contribution in [2.75, 3.05) is 7.11 Å². The summed E-state index contributed by atoms with van der Waals surface area (Å²) in [6, 6.07) is 9.64. The fourth-order valence-corrected chi connectivity index (χ4v) is 0.630. The van der Waals surface area contributed by atoms with Crippen molar-refractivity contribution < 1.29 is 29.0 Å². The first-order chi connectivity index (χ1) is 4.84. The number of hydrogen-bond acceptors (Lipinski definition) is 2. The molecular formula is C8H7O2Zn-. The summed E-state index contributed by atoms with van der Waals surface area (Å²) in [5, 5.41) is 0. The van der Waals surface area contributed by atoms with Crippen molar-refractivity contribution in [3.05, 3.63) is 35.9 Å². The van der Waals surface area contributed by atoms with Crippen LogP contribution in [-0.2, 0) is 24.2 Å². The monoisotopic (exact) mass is 199 g/mol.